The average Bonchev–Trinajstić information content (AvgIpc) is 1.87. The number of hydrogen-bond acceptors (Lipinski definition) is 0. The molecule has 2 heteroatoms. The summed E-state index contributed by atoms with van der Waals surface area (Å²) < 4.78 is 1.50. The summed E-state index contributed by atoms with van der Waals surface area (Å²) in [6.45, 7) is 0. The van der Waals surface area contributed by atoms with Crippen molar-refractivity contribution in [3.8, 4) is 0 Å². The summed E-state index contributed by atoms with van der Waals surface area (Å²) in [5, 5.41) is 0. The van der Waals surface area contributed by atoms with Gasteiger partial charge in [-0.25, -0.2) is 0 Å². The molecule has 0 N–H and O–H groups in total. The molecular formula is C8H11ClIr. The van der Waals surface area contributed by atoms with E-state index in [1.54, 1.807) is 0 Å². The quantitative estimate of drug-likeness (QED) is 0.690. The van der Waals surface area contributed by atoms with Crippen LogP contribution in [0.2, 0.25) is 0 Å². The predicted molar refractivity (Wildman–Crippen MR) is 41.5 cm³/mol. The fourth-order valence-electron chi connectivity index (χ4n) is 0.948. The van der Waals surface area contributed by atoms with Crippen molar-refractivity contribution in [2.45, 2.75) is 25.7 Å². The number of hydrogen-bond donors (Lipinski definition) is 0. The Morgan fingerprint density at radius 1 is 1.40 bits per heavy atom. The molecule has 10 heavy (non-hydrogen) atoms. The van der Waals surface area contributed by atoms with Crippen LogP contribution in [0.3, 0.4) is 0 Å². The molecule has 0 aromatic heterocycles. The van der Waals surface area contributed by atoms with Crippen LogP contribution in [-0.4, -0.2) is 0 Å². The van der Waals surface area contributed by atoms with Gasteiger partial charge >= 0.3 is 74.3 Å². The van der Waals surface area contributed by atoms with E-state index in [0.717, 1.165) is 0 Å². The van der Waals surface area contributed by atoms with Gasteiger partial charge in [-0.1, -0.05) is 0 Å². The van der Waals surface area contributed by atoms with Gasteiger partial charge in [-0.2, -0.15) is 0 Å². The summed E-state index contributed by atoms with van der Waals surface area (Å²) in [5.74, 6) is 0. The van der Waals surface area contributed by atoms with Crippen molar-refractivity contribution in [2.75, 3.05) is 0 Å². The summed E-state index contributed by atoms with van der Waals surface area (Å²) in [6, 6.07) is 0. The molecule has 0 nitrogen and oxygen atoms in total. The fraction of sp³-hybridized carbons (Fsp3) is 0.500. The minimum absolute atomic E-state index is 0.279. The molecular weight excluding hydrogens is 324 g/mol. The van der Waals surface area contributed by atoms with Crippen LogP contribution in [0.25, 0.3) is 0 Å². The summed E-state index contributed by atoms with van der Waals surface area (Å²) >= 11 is -0.279. The van der Waals surface area contributed by atoms with E-state index < -0.39 is 0 Å². The molecule has 1 aliphatic rings. The predicted octanol–water partition coefficient (Wildman–Crippen LogP) is 3.24. The summed E-state index contributed by atoms with van der Waals surface area (Å²) in [6.07, 6.45) is 11.7. The molecule has 0 saturated carbocycles. The Labute approximate surface area is 74.3 Å². The number of halogens is 1. The zero-order valence-corrected chi connectivity index (χ0v) is 8.92. The summed E-state index contributed by atoms with van der Waals surface area (Å²) in [7, 11) is 5.83. The maximum absolute atomic E-state index is 5.83. The first-order valence-electron chi connectivity index (χ1n) is 3.51. The van der Waals surface area contributed by atoms with Crippen LogP contribution in [-0.2, 0) is 16.7 Å². The van der Waals surface area contributed by atoms with E-state index in [9.17, 15) is 0 Å². The van der Waals surface area contributed by atoms with Crippen molar-refractivity contribution < 1.29 is 16.7 Å². The van der Waals surface area contributed by atoms with Gasteiger partial charge in [0.15, 0.2) is 0 Å². The maximum atomic E-state index is 5.83. The van der Waals surface area contributed by atoms with Crippen molar-refractivity contribution in [1.82, 2.24) is 0 Å². The molecule has 0 fully saturated rings. The van der Waals surface area contributed by atoms with Gasteiger partial charge in [0.1, 0.15) is 0 Å². The molecule has 0 radical (unpaired) electrons. The van der Waals surface area contributed by atoms with Crippen molar-refractivity contribution in [1.29, 1.82) is 0 Å². The second-order valence-corrected chi connectivity index (χ2v) is 5.34. The third-order valence-electron chi connectivity index (χ3n) is 1.51. The van der Waals surface area contributed by atoms with Crippen LogP contribution in [0.1, 0.15) is 25.7 Å². The molecule has 0 atom stereocenters. The molecule has 59 valence electrons. The molecule has 1 rings (SSSR count). The van der Waals surface area contributed by atoms with E-state index in [0.29, 0.717) is 0 Å². The van der Waals surface area contributed by atoms with Gasteiger partial charge in [0.2, 0.25) is 0 Å². The van der Waals surface area contributed by atoms with Crippen LogP contribution in [0.4, 0.5) is 0 Å². The zero-order chi connectivity index (χ0) is 7.23. The van der Waals surface area contributed by atoms with Crippen molar-refractivity contribution in [2.24, 2.45) is 0 Å². The molecule has 1 aliphatic carbocycles. The minimum atomic E-state index is -0.279. The Kier molecular flexibility index (Phi) is 4.36. The van der Waals surface area contributed by atoms with Gasteiger partial charge in [0.25, 0.3) is 0 Å². The van der Waals surface area contributed by atoms with Crippen LogP contribution in [0, 0.1) is 0 Å². The number of allylic oxidation sites excluding steroid dienone is 4. The zero-order valence-electron chi connectivity index (χ0n) is 5.77. The molecule has 0 aromatic rings. The molecule has 0 spiro atoms. The van der Waals surface area contributed by atoms with Gasteiger partial charge in [-0.3, -0.25) is 0 Å². The van der Waals surface area contributed by atoms with E-state index in [-0.39, 0.29) is 16.7 Å². The Balaban J connectivity index is 2.49. The summed E-state index contributed by atoms with van der Waals surface area (Å²) in [5.41, 5.74) is 0. The normalized spacial score (nSPS) is 28.3. The van der Waals surface area contributed by atoms with Gasteiger partial charge in [-0.05, 0) is 0 Å². The first-order chi connectivity index (χ1) is 4.93. The molecule has 0 heterocycles. The standard InChI is InChI=1S/C8H11.ClH.Ir/c1-2-4-6-8-7-5-3-1;;/h1-3H,4,6-8H2;1H;/q;;+1/p-1/b2-1-,5-3?;;. The van der Waals surface area contributed by atoms with E-state index in [2.05, 4.69) is 18.2 Å². The van der Waals surface area contributed by atoms with Gasteiger partial charge in [0.05, 0.1) is 0 Å². The van der Waals surface area contributed by atoms with Crippen LogP contribution < -0.4 is 0 Å². The van der Waals surface area contributed by atoms with E-state index in [1.807, 2.05) is 0 Å². The van der Waals surface area contributed by atoms with E-state index >= 15 is 0 Å². The molecule has 0 amide bonds. The SMILES string of the molecule is [Cl][Ir]/[C]1=C/C=C\CCCC1. The first-order valence-corrected chi connectivity index (χ1v) is 7.68. The van der Waals surface area contributed by atoms with Crippen molar-refractivity contribution in [3.63, 3.8) is 0 Å². The third kappa shape index (κ3) is 3.00. The second kappa shape index (κ2) is 5.12. The first kappa shape index (κ1) is 8.52. The van der Waals surface area contributed by atoms with Gasteiger partial charge in [0, 0.05) is 0 Å². The third-order valence-corrected chi connectivity index (χ3v) is 4.42. The summed E-state index contributed by atoms with van der Waals surface area (Å²) in [4.78, 5) is 0. The molecule has 0 unspecified atom stereocenters. The molecule has 0 aromatic carbocycles. The Hall–Kier alpha value is 0.419. The number of rotatable bonds is 1. The van der Waals surface area contributed by atoms with Crippen LogP contribution in [0.5, 0.6) is 0 Å². The van der Waals surface area contributed by atoms with Gasteiger partial charge in [-0.15, -0.1) is 0 Å². The van der Waals surface area contributed by atoms with Crippen molar-refractivity contribution >= 4 is 9.58 Å². The molecule has 0 saturated heterocycles. The van der Waals surface area contributed by atoms with Crippen molar-refractivity contribution in [3.05, 3.63) is 22.3 Å². The monoisotopic (exact) mass is 335 g/mol. The molecule has 0 aliphatic heterocycles. The van der Waals surface area contributed by atoms with E-state index in [1.165, 1.54) is 29.8 Å². The van der Waals surface area contributed by atoms with E-state index in [4.69, 9.17) is 9.58 Å². The molecule has 0 bridgehead atoms. The van der Waals surface area contributed by atoms with Crippen LogP contribution >= 0.6 is 9.58 Å². The fourth-order valence-corrected chi connectivity index (χ4v) is 2.84. The Morgan fingerprint density at radius 3 is 3.10 bits per heavy atom. The Morgan fingerprint density at radius 2 is 2.30 bits per heavy atom. The van der Waals surface area contributed by atoms with Crippen LogP contribution in [0.15, 0.2) is 22.3 Å². The van der Waals surface area contributed by atoms with Gasteiger partial charge < -0.3 is 0 Å². The topological polar surface area (TPSA) is 0 Å². The average molecular weight is 335 g/mol. The second-order valence-electron chi connectivity index (χ2n) is 2.32. The Bertz CT molecular complexity index is 149.